The molecule has 1 heterocycles. The smallest absolute Gasteiger partial charge is 0.198 e. The van der Waals surface area contributed by atoms with Crippen LogP contribution in [0.2, 0.25) is 10.0 Å². The van der Waals surface area contributed by atoms with Crippen molar-refractivity contribution in [1.82, 2.24) is 4.98 Å². The minimum Gasteiger partial charge on any atom is -0.494 e. The van der Waals surface area contributed by atoms with Crippen LogP contribution in [0.4, 0.5) is 0 Å². The molecule has 0 bridgehead atoms. The van der Waals surface area contributed by atoms with E-state index in [2.05, 4.69) is 9.98 Å². The minimum atomic E-state index is 0.134. The molecule has 0 aliphatic heterocycles. The molecule has 0 aliphatic carbocycles. The Bertz CT molecular complexity index is 840. The van der Waals surface area contributed by atoms with Crippen molar-refractivity contribution in [3.8, 4) is 5.88 Å². The highest BCUT2D eigenvalue weighted by Gasteiger charge is 2.07. The maximum absolute atomic E-state index is 9.94. The number of H-pyrrole nitrogens is 1. The number of rotatable bonds is 4. The molecule has 0 radical (unpaired) electrons. The Kier molecular flexibility index (Phi) is 4.36. The van der Waals surface area contributed by atoms with Gasteiger partial charge in [-0.1, -0.05) is 47.5 Å². The van der Waals surface area contributed by atoms with Crippen LogP contribution in [-0.2, 0) is 6.42 Å². The summed E-state index contributed by atoms with van der Waals surface area (Å²) in [5.41, 5.74) is 2.60. The van der Waals surface area contributed by atoms with Gasteiger partial charge in [-0.25, -0.2) is 0 Å². The zero-order chi connectivity index (χ0) is 15.5. The maximum atomic E-state index is 9.94. The third-order valence-electron chi connectivity index (χ3n) is 3.47. The quantitative estimate of drug-likeness (QED) is 0.659. The average molecular weight is 333 g/mol. The lowest BCUT2D eigenvalue weighted by Crippen LogP contribution is -1.92. The lowest BCUT2D eigenvalue weighted by Gasteiger charge is -2.02. The van der Waals surface area contributed by atoms with Crippen molar-refractivity contribution in [3.05, 3.63) is 63.6 Å². The molecule has 0 saturated heterocycles. The van der Waals surface area contributed by atoms with Gasteiger partial charge in [0, 0.05) is 33.7 Å². The summed E-state index contributed by atoms with van der Waals surface area (Å²) < 4.78 is 0. The van der Waals surface area contributed by atoms with E-state index in [4.69, 9.17) is 23.2 Å². The lowest BCUT2D eigenvalue weighted by molar-refractivity contribution is 0.457. The number of aromatic nitrogens is 1. The number of aromatic amines is 1. The molecule has 0 atom stereocenters. The minimum absolute atomic E-state index is 0.134. The summed E-state index contributed by atoms with van der Waals surface area (Å²) in [5.74, 6) is 0.134. The highest BCUT2D eigenvalue weighted by molar-refractivity contribution is 6.35. The van der Waals surface area contributed by atoms with E-state index >= 15 is 0 Å². The SMILES string of the molecule is Oc1[nH]c2ccccc2c1C=NCCc1ccc(Cl)cc1Cl. The second-order valence-corrected chi connectivity index (χ2v) is 5.80. The number of nitrogens with zero attached hydrogens (tertiary/aromatic N) is 1. The zero-order valence-electron chi connectivity index (χ0n) is 11.7. The predicted molar refractivity (Wildman–Crippen MR) is 92.6 cm³/mol. The molecule has 0 spiro atoms. The van der Waals surface area contributed by atoms with Gasteiger partial charge < -0.3 is 10.1 Å². The molecule has 0 amide bonds. The van der Waals surface area contributed by atoms with E-state index in [0.29, 0.717) is 22.2 Å². The maximum Gasteiger partial charge on any atom is 0.198 e. The zero-order valence-corrected chi connectivity index (χ0v) is 13.2. The van der Waals surface area contributed by atoms with Crippen molar-refractivity contribution in [2.75, 3.05) is 6.54 Å². The summed E-state index contributed by atoms with van der Waals surface area (Å²) in [7, 11) is 0. The molecule has 3 rings (SSSR count). The fraction of sp³-hybridized carbons (Fsp3) is 0.118. The normalized spacial score (nSPS) is 11.5. The molecule has 3 nitrogen and oxygen atoms in total. The van der Waals surface area contributed by atoms with E-state index in [1.807, 2.05) is 36.4 Å². The summed E-state index contributed by atoms with van der Waals surface area (Å²) in [6.07, 6.45) is 2.41. The van der Waals surface area contributed by atoms with Gasteiger partial charge in [-0.05, 0) is 30.2 Å². The Labute approximate surface area is 138 Å². The molecule has 0 unspecified atom stereocenters. The Balaban J connectivity index is 1.73. The molecule has 1 aromatic heterocycles. The summed E-state index contributed by atoms with van der Waals surface area (Å²) in [6, 6.07) is 13.2. The monoisotopic (exact) mass is 332 g/mol. The van der Waals surface area contributed by atoms with E-state index in [0.717, 1.165) is 22.9 Å². The molecule has 112 valence electrons. The van der Waals surface area contributed by atoms with Crippen molar-refractivity contribution in [2.45, 2.75) is 6.42 Å². The first-order chi connectivity index (χ1) is 10.6. The standard InChI is InChI=1S/C17H14Cl2N2O/c18-12-6-5-11(15(19)9-12)7-8-20-10-14-13-3-1-2-4-16(13)21-17(14)22/h1-6,9-10,21-22H,7-8H2. The second-order valence-electron chi connectivity index (χ2n) is 4.95. The van der Waals surface area contributed by atoms with Crippen molar-refractivity contribution >= 4 is 40.3 Å². The Morgan fingerprint density at radius 2 is 1.95 bits per heavy atom. The molecular weight excluding hydrogens is 319 g/mol. The largest absolute Gasteiger partial charge is 0.494 e. The number of aromatic hydroxyl groups is 1. The van der Waals surface area contributed by atoms with Crippen LogP contribution in [0.5, 0.6) is 5.88 Å². The van der Waals surface area contributed by atoms with Crippen LogP contribution in [0.1, 0.15) is 11.1 Å². The number of hydrogen-bond acceptors (Lipinski definition) is 2. The van der Waals surface area contributed by atoms with Gasteiger partial charge in [0.15, 0.2) is 5.88 Å². The van der Waals surface area contributed by atoms with E-state index in [1.165, 1.54) is 0 Å². The molecule has 0 aliphatic rings. The van der Waals surface area contributed by atoms with Gasteiger partial charge in [0.1, 0.15) is 0 Å². The molecule has 3 aromatic rings. The van der Waals surface area contributed by atoms with Crippen molar-refractivity contribution in [2.24, 2.45) is 4.99 Å². The molecular formula is C17H14Cl2N2O. The third-order valence-corrected chi connectivity index (χ3v) is 4.06. The molecule has 0 fully saturated rings. The number of hydrogen-bond donors (Lipinski definition) is 2. The fourth-order valence-corrected chi connectivity index (χ4v) is 2.85. The molecule has 5 heteroatoms. The summed E-state index contributed by atoms with van der Waals surface area (Å²) in [4.78, 5) is 7.32. The number of para-hydroxylation sites is 1. The first-order valence-corrected chi connectivity index (χ1v) is 7.64. The van der Waals surface area contributed by atoms with E-state index in [-0.39, 0.29) is 5.88 Å². The number of nitrogens with one attached hydrogen (secondary N) is 1. The molecule has 22 heavy (non-hydrogen) atoms. The van der Waals surface area contributed by atoms with Crippen LogP contribution in [-0.4, -0.2) is 22.8 Å². The van der Waals surface area contributed by atoms with E-state index in [1.54, 1.807) is 12.3 Å². The molecule has 2 aromatic carbocycles. The van der Waals surface area contributed by atoms with Crippen LogP contribution in [0.25, 0.3) is 10.9 Å². The first kappa shape index (κ1) is 14.9. The lowest BCUT2D eigenvalue weighted by atomic mass is 10.1. The van der Waals surface area contributed by atoms with Crippen LogP contribution >= 0.6 is 23.2 Å². The van der Waals surface area contributed by atoms with Crippen molar-refractivity contribution in [1.29, 1.82) is 0 Å². The number of aliphatic imine (C=N–C) groups is 1. The number of fused-ring (bicyclic) bond motifs is 1. The van der Waals surface area contributed by atoms with Crippen LogP contribution in [0.15, 0.2) is 47.5 Å². The van der Waals surface area contributed by atoms with Gasteiger partial charge in [0.25, 0.3) is 0 Å². The highest BCUT2D eigenvalue weighted by atomic mass is 35.5. The van der Waals surface area contributed by atoms with Gasteiger partial charge >= 0.3 is 0 Å². The number of halogens is 2. The van der Waals surface area contributed by atoms with Crippen LogP contribution in [0.3, 0.4) is 0 Å². The third kappa shape index (κ3) is 3.11. The Morgan fingerprint density at radius 3 is 2.77 bits per heavy atom. The topological polar surface area (TPSA) is 48.4 Å². The predicted octanol–water partition coefficient (Wildman–Crippen LogP) is 4.84. The van der Waals surface area contributed by atoms with Gasteiger partial charge in [-0.15, -0.1) is 0 Å². The van der Waals surface area contributed by atoms with Crippen LogP contribution in [0, 0.1) is 0 Å². The van der Waals surface area contributed by atoms with Crippen molar-refractivity contribution in [3.63, 3.8) is 0 Å². The first-order valence-electron chi connectivity index (χ1n) is 6.88. The van der Waals surface area contributed by atoms with E-state index in [9.17, 15) is 5.11 Å². The highest BCUT2D eigenvalue weighted by Crippen LogP contribution is 2.25. The fourth-order valence-electron chi connectivity index (χ4n) is 2.35. The summed E-state index contributed by atoms with van der Waals surface area (Å²) in [6.45, 7) is 0.584. The molecule has 2 N–H and O–H groups in total. The Morgan fingerprint density at radius 1 is 1.14 bits per heavy atom. The van der Waals surface area contributed by atoms with Crippen molar-refractivity contribution < 1.29 is 5.11 Å². The summed E-state index contributed by atoms with van der Waals surface area (Å²) >= 11 is 12.0. The number of benzene rings is 2. The Hall–Kier alpha value is -1.97. The average Bonchev–Trinajstić information content (AvgIpc) is 2.81. The second kappa shape index (κ2) is 6.42. The molecule has 0 saturated carbocycles. The summed E-state index contributed by atoms with van der Waals surface area (Å²) in [5, 5.41) is 12.2. The van der Waals surface area contributed by atoms with Gasteiger partial charge in [0.2, 0.25) is 0 Å². The van der Waals surface area contributed by atoms with E-state index < -0.39 is 0 Å². The van der Waals surface area contributed by atoms with Gasteiger partial charge in [-0.3, -0.25) is 4.99 Å². The van der Waals surface area contributed by atoms with Gasteiger partial charge in [-0.2, -0.15) is 0 Å². The van der Waals surface area contributed by atoms with Crippen LogP contribution < -0.4 is 0 Å². The van der Waals surface area contributed by atoms with Gasteiger partial charge in [0.05, 0.1) is 5.56 Å².